The number of amides is 2. The van der Waals surface area contributed by atoms with Gasteiger partial charge in [0.25, 0.3) is 11.8 Å². The molecule has 1 aromatic rings. The highest BCUT2D eigenvalue weighted by Crippen LogP contribution is 2.18. The summed E-state index contributed by atoms with van der Waals surface area (Å²) in [7, 11) is 0. The fraction of sp³-hybridized carbons (Fsp3) is 0. The first kappa shape index (κ1) is 9.70. The number of benzene rings is 1. The number of imide groups is 1. The van der Waals surface area contributed by atoms with Gasteiger partial charge in [-0.25, -0.2) is 10.9 Å². The van der Waals surface area contributed by atoms with E-state index in [2.05, 4.69) is 0 Å². The lowest BCUT2D eigenvalue weighted by molar-refractivity contribution is 0.0654. The van der Waals surface area contributed by atoms with Crippen molar-refractivity contribution in [1.82, 2.24) is 5.01 Å². The van der Waals surface area contributed by atoms with Gasteiger partial charge >= 0.3 is 0 Å². The molecular weight excluding hydrogens is 192 g/mol. The maximum absolute atomic E-state index is 11.2. The summed E-state index contributed by atoms with van der Waals surface area (Å²) in [5.41, 5.74) is 0.759. The van der Waals surface area contributed by atoms with Crippen LogP contribution in [0.3, 0.4) is 0 Å². The highest BCUT2D eigenvalue weighted by Gasteiger charge is 2.32. The van der Waals surface area contributed by atoms with E-state index >= 15 is 0 Å². The number of hydrogen-bond acceptors (Lipinski definition) is 3. The van der Waals surface area contributed by atoms with Crippen molar-refractivity contribution in [2.24, 2.45) is 5.84 Å². The number of hydrogen-bond donors (Lipinski definition) is 1. The molecule has 0 fully saturated rings. The average Bonchev–Trinajstić information content (AvgIpc) is 2.33. The number of halogens is 1. The van der Waals surface area contributed by atoms with Crippen LogP contribution in [0.5, 0.6) is 0 Å². The molecule has 1 heterocycles. The quantitative estimate of drug-likeness (QED) is 0.377. The summed E-state index contributed by atoms with van der Waals surface area (Å²) in [6.07, 6.45) is 0. The molecule has 0 aromatic heterocycles. The Morgan fingerprint density at radius 3 is 1.77 bits per heavy atom. The Morgan fingerprint density at radius 2 is 1.38 bits per heavy atom. The Bertz CT molecular complexity index is 343. The van der Waals surface area contributed by atoms with Gasteiger partial charge in [-0.2, -0.15) is 0 Å². The highest BCUT2D eigenvalue weighted by molar-refractivity contribution is 6.20. The molecule has 5 heteroatoms. The van der Waals surface area contributed by atoms with Crippen LogP contribution in [0.1, 0.15) is 20.7 Å². The van der Waals surface area contributed by atoms with Crippen LogP contribution in [0.4, 0.5) is 0 Å². The molecule has 0 aliphatic carbocycles. The first-order valence-electron chi connectivity index (χ1n) is 3.44. The van der Waals surface area contributed by atoms with Crippen LogP contribution in [0, 0.1) is 0 Å². The number of nitrogens with zero attached hydrogens (tertiary/aromatic N) is 1. The molecular formula is C8H7ClN2O2. The van der Waals surface area contributed by atoms with E-state index in [4.69, 9.17) is 5.84 Å². The second kappa shape index (κ2) is 3.16. The molecule has 0 saturated heterocycles. The van der Waals surface area contributed by atoms with Crippen LogP contribution < -0.4 is 5.84 Å². The predicted molar refractivity (Wildman–Crippen MR) is 48.4 cm³/mol. The Labute approximate surface area is 80.7 Å². The van der Waals surface area contributed by atoms with E-state index in [1.165, 1.54) is 0 Å². The summed E-state index contributed by atoms with van der Waals surface area (Å²) in [4.78, 5) is 22.4. The molecule has 2 rings (SSSR count). The molecule has 1 aliphatic heterocycles. The fourth-order valence-electron chi connectivity index (χ4n) is 1.21. The average molecular weight is 199 g/mol. The lowest BCUT2D eigenvalue weighted by atomic mass is 10.1. The van der Waals surface area contributed by atoms with E-state index in [0.717, 1.165) is 0 Å². The molecule has 13 heavy (non-hydrogen) atoms. The third-order valence-electron chi connectivity index (χ3n) is 1.83. The first-order chi connectivity index (χ1) is 5.72. The zero-order valence-corrected chi connectivity index (χ0v) is 7.38. The topological polar surface area (TPSA) is 63.4 Å². The Morgan fingerprint density at radius 1 is 1.00 bits per heavy atom. The van der Waals surface area contributed by atoms with E-state index in [0.29, 0.717) is 16.1 Å². The van der Waals surface area contributed by atoms with Gasteiger partial charge in [0, 0.05) is 0 Å². The van der Waals surface area contributed by atoms with E-state index < -0.39 is 11.8 Å². The van der Waals surface area contributed by atoms with Crippen molar-refractivity contribution in [3.05, 3.63) is 35.4 Å². The summed E-state index contributed by atoms with van der Waals surface area (Å²) < 4.78 is 0. The SMILES string of the molecule is Cl.NN1C(=O)c2ccccc2C1=O. The number of fused-ring (bicyclic) bond motifs is 1. The number of nitrogens with two attached hydrogens (primary N) is 1. The Balaban J connectivity index is 0.000000845. The zero-order chi connectivity index (χ0) is 8.72. The molecule has 0 unspecified atom stereocenters. The number of hydrazine groups is 1. The molecule has 0 spiro atoms. The smallest absolute Gasteiger partial charge is 0.267 e. The first-order valence-corrected chi connectivity index (χ1v) is 3.44. The minimum Gasteiger partial charge on any atom is -0.267 e. The zero-order valence-electron chi connectivity index (χ0n) is 6.56. The van der Waals surface area contributed by atoms with Crippen molar-refractivity contribution in [2.75, 3.05) is 0 Å². The van der Waals surface area contributed by atoms with E-state index in [1.54, 1.807) is 24.3 Å². The molecule has 0 bridgehead atoms. The van der Waals surface area contributed by atoms with E-state index in [-0.39, 0.29) is 12.4 Å². The number of rotatable bonds is 0. The van der Waals surface area contributed by atoms with Crippen LogP contribution in [-0.2, 0) is 0 Å². The molecule has 0 radical (unpaired) electrons. The van der Waals surface area contributed by atoms with Gasteiger partial charge in [0.05, 0.1) is 11.1 Å². The van der Waals surface area contributed by atoms with Gasteiger partial charge in [0.2, 0.25) is 0 Å². The predicted octanol–water partition coefficient (Wildman–Crippen LogP) is 0.578. The number of carbonyl (C=O) groups excluding carboxylic acids is 2. The van der Waals surface area contributed by atoms with Crippen molar-refractivity contribution < 1.29 is 9.59 Å². The molecule has 1 aromatic carbocycles. The van der Waals surface area contributed by atoms with Gasteiger partial charge in [-0.15, -0.1) is 12.4 Å². The fourth-order valence-corrected chi connectivity index (χ4v) is 1.21. The summed E-state index contributed by atoms with van der Waals surface area (Å²) in [5.74, 6) is 4.34. The van der Waals surface area contributed by atoms with Crippen LogP contribution in [0.2, 0.25) is 0 Å². The monoisotopic (exact) mass is 198 g/mol. The second-order valence-electron chi connectivity index (χ2n) is 2.53. The van der Waals surface area contributed by atoms with E-state index in [1.807, 2.05) is 0 Å². The lowest BCUT2D eigenvalue weighted by Gasteiger charge is -2.01. The molecule has 4 nitrogen and oxygen atoms in total. The van der Waals surface area contributed by atoms with Crippen molar-refractivity contribution in [1.29, 1.82) is 0 Å². The molecule has 2 amide bonds. The lowest BCUT2D eigenvalue weighted by Crippen LogP contribution is -2.36. The standard InChI is InChI=1S/C8H6N2O2.ClH/c9-10-7(11)5-3-1-2-4-6(5)8(10)12;/h1-4H,9H2;1H. The van der Waals surface area contributed by atoms with Crippen LogP contribution in [0.15, 0.2) is 24.3 Å². The van der Waals surface area contributed by atoms with Crippen LogP contribution >= 0.6 is 12.4 Å². The minimum atomic E-state index is -0.435. The third-order valence-corrected chi connectivity index (χ3v) is 1.83. The van der Waals surface area contributed by atoms with Crippen LogP contribution in [-0.4, -0.2) is 16.8 Å². The largest absolute Gasteiger partial charge is 0.275 e. The van der Waals surface area contributed by atoms with Gasteiger partial charge in [-0.05, 0) is 12.1 Å². The molecule has 2 N–H and O–H groups in total. The number of carbonyl (C=O) groups is 2. The molecule has 1 aliphatic rings. The van der Waals surface area contributed by atoms with Crippen molar-refractivity contribution in [3.8, 4) is 0 Å². The van der Waals surface area contributed by atoms with Gasteiger partial charge in [-0.1, -0.05) is 12.1 Å². The molecule has 0 saturated carbocycles. The van der Waals surface area contributed by atoms with Gasteiger partial charge in [0.1, 0.15) is 0 Å². The molecule has 68 valence electrons. The summed E-state index contributed by atoms with van der Waals surface area (Å²) in [6.45, 7) is 0. The Kier molecular flexibility index (Phi) is 2.36. The molecule has 0 atom stereocenters. The van der Waals surface area contributed by atoms with Crippen LogP contribution in [0.25, 0.3) is 0 Å². The Hall–Kier alpha value is -1.39. The van der Waals surface area contributed by atoms with Gasteiger partial charge in [0.15, 0.2) is 0 Å². The third kappa shape index (κ3) is 1.20. The van der Waals surface area contributed by atoms with Gasteiger partial charge in [-0.3, -0.25) is 9.59 Å². The summed E-state index contributed by atoms with van der Waals surface area (Å²) >= 11 is 0. The second-order valence-corrected chi connectivity index (χ2v) is 2.53. The van der Waals surface area contributed by atoms with E-state index in [9.17, 15) is 9.59 Å². The maximum Gasteiger partial charge on any atom is 0.275 e. The summed E-state index contributed by atoms with van der Waals surface area (Å²) in [6, 6.07) is 6.57. The van der Waals surface area contributed by atoms with Gasteiger partial charge < -0.3 is 0 Å². The summed E-state index contributed by atoms with van der Waals surface area (Å²) in [5, 5.41) is 0.630. The van der Waals surface area contributed by atoms with Crippen molar-refractivity contribution >= 4 is 24.2 Å². The minimum absolute atomic E-state index is 0. The highest BCUT2D eigenvalue weighted by atomic mass is 35.5. The maximum atomic E-state index is 11.2. The normalized spacial score (nSPS) is 14.1. The van der Waals surface area contributed by atoms with Crippen molar-refractivity contribution in [2.45, 2.75) is 0 Å². The van der Waals surface area contributed by atoms with Crippen molar-refractivity contribution in [3.63, 3.8) is 0 Å².